The van der Waals surface area contributed by atoms with Crippen LogP contribution in [0.1, 0.15) is 20.8 Å². The van der Waals surface area contributed by atoms with Gasteiger partial charge in [0.1, 0.15) is 11.7 Å². The van der Waals surface area contributed by atoms with Crippen molar-refractivity contribution in [2.75, 3.05) is 27.9 Å². The number of carboxylic acids is 1. The standard InChI is InChI=1S/C13H21NO6.C2H4O2/c1-7(15)14(3)10-9-11(19-8(2)16)13(9,6-17-4)20-12(10)18-5;1-2(3)4/h9-12H,6H2,1-5H3;1H3,(H,3,4). The second-order valence-corrected chi connectivity index (χ2v) is 5.81. The molecule has 1 heterocycles. The molecule has 1 saturated heterocycles. The van der Waals surface area contributed by atoms with Crippen LogP contribution >= 0.6 is 0 Å². The van der Waals surface area contributed by atoms with Gasteiger partial charge in [-0.2, -0.15) is 0 Å². The number of hydrogen-bond donors (Lipinski definition) is 1. The first-order valence-corrected chi connectivity index (χ1v) is 7.42. The summed E-state index contributed by atoms with van der Waals surface area (Å²) in [5.41, 5.74) is -0.713. The van der Waals surface area contributed by atoms with Crippen LogP contribution in [0.3, 0.4) is 0 Å². The van der Waals surface area contributed by atoms with Crippen molar-refractivity contribution in [3.05, 3.63) is 0 Å². The topological polar surface area (TPSA) is 112 Å². The summed E-state index contributed by atoms with van der Waals surface area (Å²) in [6, 6.07) is -0.294. The third kappa shape index (κ3) is 4.03. The average molecular weight is 347 g/mol. The normalized spacial score (nSPS) is 32.9. The van der Waals surface area contributed by atoms with Gasteiger partial charge in [0.15, 0.2) is 6.29 Å². The monoisotopic (exact) mass is 347 g/mol. The van der Waals surface area contributed by atoms with Crippen LogP contribution in [0.15, 0.2) is 0 Å². The largest absolute Gasteiger partial charge is 0.481 e. The molecule has 1 saturated carbocycles. The maximum absolute atomic E-state index is 11.6. The van der Waals surface area contributed by atoms with Crippen LogP contribution in [0.4, 0.5) is 0 Å². The number of amides is 1. The molecule has 24 heavy (non-hydrogen) atoms. The van der Waals surface area contributed by atoms with Gasteiger partial charge in [0.05, 0.1) is 18.6 Å². The number of fused-ring (bicyclic) bond motifs is 1. The van der Waals surface area contributed by atoms with E-state index >= 15 is 0 Å². The van der Waals surface area contributed by atoms with Gasteiger partial charge in [0.2, 0.25) is 5.91 Å². The highest BCUT2D eigenvalue weighted by Crippen LogP contribution is 2.59. The number of rotatable bonds is 5. The number of nitrogens with zero attached hydrogens (tertiary/aromatic N) is 1. The lowest BCUT2D eigenvalue weighted by molar-refractivity contribution is -0.193. The van der Waals surface area contributed by atoms with Gasteiger partial charge in [-0.3, -0.25) is 14.4 Å². The summed E-state index contributed by atoms with van der Waals surface area (Å²) in [5, 5.41) is 7.42. The average Bonchev–Trinajstić information content (AvgIpc) is 2.89. The van der Waals surface area contributed by atoms with Crippen molar-refractivity contribution < 1.29 is 38.4 Å². The highest BCUT2D eigenvalue weighted by atomic mass is 16.7. The fourth-order valence-corrected chi connectivity index (χ4v) is 3.09. The van der Waals surface area contributed by atoms with Gasteiger partial charge in [-0.15, -0.1) is 0 Å². The molecule has 9 heteroatoms. The lowest BCUT2D eigenvalue weighted by Gasteiger charge is -2.30. The molecule has 1 aliphatic heterocycles. The Morgan fingerprint density at radius 1 is 1.21 bits per heavy atom. The first-order valence-electron chi connectivity index (χ1n) is 7.42. The van der Waals surface area contributed by atoms with Crippen LogP contribution in [0.5, 0.6) is 0 Å². The van der Waals surface area contributed by atoms with Crippen molar-refractivity contribution in [1.29, 1.82) is 0 Å². The lowest BCUT2D eigenvalue weighted by Crippen LogP contribution is -2.46. The Labute approximate surface area is 140 Å². The van der Waals surface area contributed by atoms with Gasteiger partial charge >= 0.3 is 5.97 Å². The van der Waals surface area contributed by atoms with Crippen LogP contribution in [0, 0.1) is 5.92 Å². The third-order valence-electron chi connectivity index (χ3n) is 4.08. The quantitative estimate of drug-likeness (QED) is 0.685. The number of ether oxygens (including phenoxy) is 4. The van der Waals surface area contributed by atoms with Gasteiger partial charge < -0.3 is 29.0 Å². The minimum atomic E-state index is -0.833. The number of carboxylic acid groups (broad SMARTS) is 1. The molecule has 2 fully saturated rings. The maximum atomic E-state index is 11.6. The molecule has 1 aliphatic carbocycles. The van der Waals surface area contributed by atoms with Gasteiger partial charge in [-0.25, -0.2) is 0 Å². The summed E-state index contributed by atoms with van der Waals surface area (Å²) in [5.74, 6) is -1.44. The number of methoxy groups -OCH3 is 2. The van der Waals surface area contributed by atoms with Crippen molar-refractivity contribution in [3.63, 3.8) is 0 Å². The number of aliphatic carboxylic acids is 1. The van der Waals surface area contributed by atoms with E-state index in [0.29, 0.717) is 0 Å². The highest BCUT2D eigenvalue weighted by Gasteiger charge is 2.79. The zero-order valence-electron chi connectivity index (χ0n) is 14.8. The van der Waals surface area contributed by atoms with Crippen LogP contribution in [0.2, 0.25) is 0 Å². The number of carbonyl (C=O) groups is 3. The molecule has 1 N–H and O–H groups in total. The fraction of sp³-hybridized carbons (Fsp3) is 0.800. The molecule has 138 valence electrons. The first-order chi connectivity index (χ1) is 11.1. The van der Waals surface area contributed by atoms with Gasteiger partial charge in [-0.05, 0) is 0 Å². The number of esters is 1. The predicted molar refractivity (Wildman–Crippen MR) is 81.1 cm³/mol. The molecular formula is C15H25NO8. The molecule has 5 atom stereocenters. The van der Waals surface area contributed by atoms with E-state index in [1.54, 1.807) is 19.1 Å². The SMILES string of the molecule is CC(=O)O.COCC12OC(OC)C(N(C)C(C)=O)C1C2OC(C)=O. The smallest absolute Gasteiger partial charge is 0.303 e. The van der Waals surface area contributed by atoms with Crippen LogP contribution in [-0.4, -0.2) is 79.8 Å². The molecule has 9 nitrogen and oxygen atoms in total. The number of hydrogen-bond acceptors (Lipinski definition) is 7. The zero-order chi connectivity index (χ0) is 18.7. The Kier molecular flexibility index (Phi) is 6.70. The molecule has 0 aromatic heterocycles. The Morgan fingerprint density at radius 2 is 1.75 bits per heavy atom. The summed E-state index contributed by atoms with van der Waals surface area (Å²) in [6.07, 6.45) is -0.950. The van der Waals surface area contributed by atoms with E-state index in [1.165, 1.54) is 21.0 Å². The van der Waals surface area contributed by atoms with E-state index in [1.807, 2.05) is 0 Å². The van der Waals surface area contributed by atoms with Crippen LogP contribution in [0.25, 0.3) is 0 Å². The van der Waals surface area contributed by atoms with Crippen LogP contribution < -0.4 is 0 Å². The van der Waals surface area contributed by atoms with Gasteiger partial charge in [0.25, 0.3) is 5.97 Å². The van der Waals surface area contributed by atoms with E-state index in [4.69, 9.17) is 28.8 Å². The second-order valence-electron chi connectivity index (χ2n) is 5.81. The summed E-state index contributed by atoms with van der Waals surface area (Å²) < 4.78 is 21.7. The predicted octanol–water partition coefficient (Wildman–Crippen LogP) is -0.126. The van der Waals surface area contributed by atoms with Crippen molar-refractivity contribution in [3.8, 4) is 0 Å². The number of carbonyl (C=O) groups excluding carboxylic acids is 2. The van der Waals surface area contributed by atoms with E-state index < -0.39 is 24.0 Å². The first kappa shape index (κ1) is 20.3. The second kappa shape index (κ2) is 7.91. The van der Waals surface area contributed by atoms with Crippen molar-refractivity contribution >= 4 is 17.8 Å². The van der Waals surface area contributed by atoms with Crippen molar-refractivity contribution in [2.24, 2.45) is 5.92 Å². The molecule has 2 aliphatic rings. The summed E-state index contributed by atoms with van der Waals surface area (Å²) >= 11 is 0. The Morgan fingerprint density at radius 3 is 2.12 bits per heavy atom. The zero-order valence-corrected chi connectivity index (χ0v) is 14.8. The van der Waals surface area contributed by atoms with Crippen LogP contribution in [-0.2, 0) is 33.3 Å². The molecule has 0 bridgehead atoms. The number of likely N-dealkylation sites (N-methyl/N-ethyl adjacent to an activating group) is 1. The van der Waals surface area contributed by atoms with Crippen molar-refractivity contribution in [2.45, 2.75) is 44.8 Å². The fourth-order valence-electron chi connectivity index (χ4n) is 3.09. The Bertz CT molecular complexity index is 492. The summed E-state index contributed by atoms with van der Waals surface area (Å²) in [4.78, 5) is 33.4. The summed E-state index contributed by atoms with van der Waals surface area (Å²) in [6.45, 7) is 4.20. The molecule has 0 aromatic carbocycles. The minimum Gasteiger partial charge on any atom is -0.481 e. The molecule has 5 unspecified atom stereocenters. The van der Waals surface area contributed by atoms with Gasteiger partial charge in [-0.1, -0.05) is 0 Å². The Hall–Kier alpha value is -1.71. The maximum Gasteiger partial charge on any atom is 0.303 e. The van der Waals surface area contributed by atoms with E-state index in [0.717, 1.165) is 6.92 Å². The lowest BCUT2D eigenvalue weighted by atomic mass is 10.1. The third-order valence-corrected chi connectivity index (χ3v) is 4.08. The highest BCUT2D eigenvalue weighted by molar-refractivity contribution is 5.73. The molecule has 0 spiro atoms. The molecule has 0 aromatic rings. The van der Waals surface area contributed by atoms with Crippen molar-refractivity contribution in [1.82, 2.24) is 4.90 Å². The minimum absolute atomic E-state index is 0.0951. The Balaban J connectivity index is 0.000000648. The van der Waals surface area contributed by atoms with E-state index in [2.05, 4.69) is 0 Å². The van der Waals surface area contributed by atoms with E-state index in [9.17, 15) is 9.59 Å². The molecule has 2 rings (SSSR count). The van der Waals surface area contributed by atoms with E-state index in [-0.39, 0.29) is 30.4 Å². The molecular weight excluding hydrogens is 322 g/mol. The summed E-state index contributed by atoms with van der Waals surface area (Å²) in [7, 11) is 4.77. The molecule has 1 amide bonds. The van der Waals surface area contributed by atoms with Gasteiger partial charge in [0, 0.05) is 42.0 Å². The molecule has 0 radical (unpaired) electrons.